The molecule has 1 aliphatic rings. The Labute approximate surface area is 84.3 Å². The molecule has 1 aromatic rings. The van der Waals surface area contributed by atoms with Crippen molar-refractivity contribution in [3.8, 4) is 0 Å². The molecule has 1 N–H and O–H groups in total. The van der Waals surface area contributed by atoms with Gasteiger partial charge in [-0.05, 0) is 11.6 Å². The number of epoxide rings is 1. The number of alkyl halides is 3. The molecule has 0 amide bonds. The van der Waals surface area contributed by atoms with Gasteiger partial charge in [-0.15, -0.1) is 0 Å². The zero-order valence-electron chi connectivity index (χ0n) is 7.66. The molecule has 1 aliphatic heterocycles. The lowest BCUT2D eigenvalue weighted by Gasteiger charge is -2.10. The Hall–Kier alpha value is -1.07. The third kappa shape index (κ3) is 1.98. The fourth-order valence-electron chi connectivity index (χ4n) is 1.56. The maximum Gasteiger partial charge on any atom is 0.416 e. The number of rotatable bonds is 2. The Bertz CT molecular complexity index is 362. The second-order valence-electron chi connectivity index (χ2n) is 3.36. The van der Waals surface area contributed by atoms with E-state index in [4.69, 9.17) is 9.84 Å². The summed E-state index contributed by atoms with van der Waals surface area (Å²) in [4.78, 5) is 0. The van der Waals surface area contributed by atoms with Crippen LogP contribution in [0.3, 0.4) is 0 Å². The molecule has 0 bridgehead atoms. The van der Waals surface area contributed by atoms with Crippen molar-refractivity contribution in [1.29, 1.82) is 0 Å². The molecule has 1 heterocycles. The van der Waals surface area contributed by atoms with E-state index in [0.717, 1.165) is 6.07 Å². The molecule has 0 radical (unpaired) electrons. The predicted molar refractivity (Wildman–Crippen MR) is 46.1 cm³/mol. The first kappa shape index (κ1) is 10.4. The second kappa shape index (κ2) is 3.50. The molecule has 0 aromatic heterocycles. The van der Waals surface area contributed by atoms with Gasteiger partial charge in [0.15, 0.2) is 0 Å². The molecule has 0 spiro atoms. The molecular formula is C10H9F3O2. The topological polar surface area (TPSA) is 32.8 Å². The number of benzene rings is 1. The predicted octanol–water partition coefficient (Wildman–Crippen LogP) is 2.14. The van der Waals surface area contributed by atoms with Crippen LogP contribution >= 0.6 is 0 Å². The summed E-state index contributed by atoms with van der Waals surface area (Å²) >= 11 is 0. The van der Waals surface area contributed by atoms with E-state index in [0.29, 0.717) is 0 Å². The van der Waals surface area contributed by atoms with Gasteiger partial charge in [-0.2, -0.15) is 13.2 Å². The molecule has 1 aromatic carbocycles. The van der Waals surface area contributed by atoms with Crippen molar-refractivity contribution in [2.45, 2.75) is 18.4 Å². The fraction of sp³-hybridized carbons (Fsp3) is 0.400. The third-order valence-corrected chi connectivity index (χ3v) is 2.34. The number of aliphatic hydroxyl groups is 1. The molecule has 1 saturated heterocycles. The minimum Gasteiger partial charge on any atom is -0.394 e. The first-order valence-electron chi connectivity index (χ1n) is 4.46. The summed E-state index contributed by atoms with van der Waals surface area (Å²) in [5.74, 6) is 0. The number of ether oxygens (including phenoxy) is 1. The van der Waals surface area contributed by atoms with E-state index in [2.05, 4.69) is 0 Å². The van der Waals surface area contributed by atoms with Gasteiger partial charge in [0.05, 0.1) is 12.2 Å². The van der Waals surface area contributed by atoms with Crippen LogP contribution in [0.5, 0.6) is 0 Å². The zero-order chi connectivity index (χ0) is 11.1. The number of hydrogen-bond donors (Lipinski definition) is 1. The summed E-state index contributed by atoms with van der Waals surface area (Å²) in [6.07, 6.45) is -5.48. The summed E-state index contributed by atoms with van der Waals surface area (Å²) in [6, 6.07) is 5.26. The number of aliphatic hydroxyl groups excluding tert-OH is 1. The lowest BCUT2D eigenvalue weighted by atomic mass is 10.0. The van der Waals surface area contributed by atoms with E-state index in [-0.39, 0.29) is 12.2 Å². The maximum atomic E-state index is 12.5. The monoisotopic (exact) mass is 218 g/mol. The van der Waals surface area contributed by atoms with Crippen LogP contribution in [0.1, 0.15) is 17.2 Å². The molecule has 2 atom stereocenters. The van der Waals surface area contributed by atoms with Crippen LogP contribution in [0.4, 0.5) is 13.2 Å². The Kier molecular flexibility index (Phi) is 2.44. The summed E-state index contributed by atoms with van der Waals surface area (Å²) in [5.41, 5.74) is -0.588. The summed E-state index contributed by atoms with van der Waals surface area (Å²) < 4.78 is 42.6. The highest BCUT2D eigenvalue weighted by Gasteiger charge is 2.45. The summed E-state index contributed by atoms with van der Waals surface area (Å²) in [6.45, 7) is -0.253. The van der Waals surface area contributed by atoms with E-state index in [1.165, 1.54) is 18.2 Å². The minimum absolute atomic E-state index is 0.101. The van der Waals surface area contributed by atoms with E-state index in [1.807, 2.05) is 0 Å². The van der Waals surface area contributed by atoms with Crippen LogP contribution in [0, 0.1) is 0 Å². The molecular weight excluding hydrogens is 209 g/mol. The van der Waals surface area contributed by atoms with Crippen LogP contribution in [0.25, 0.3) is 0 Å². The molecule has 1 fully saturated rings. The highest BCUT2D eigenvalue weighted by Crippen LogP contribution is 2.44. The molecule has 2 nitrogen and oxygen atoms in total. The summed E-state index contributed by atoms with van der Waals surface area (Å²) in [5, 5.41) is 8.73. The summed E-state index contributed by atoms with van der Waals surface area (Å²) in [7, 11) is 0. The van der Waals surface area contributed by atoms with Gasteiger partial charge >= 0.3 is 6.18 Å². The lowest BCUT2D eigenvalue weighted by Crippen LogP contribution is -2.09. The molecule has 0 aliphatic carbocycles. The molecule has 82 valence electrons. The van der Waals surface area contributed by atoms with Gasteiger partial charge in [0.1, 0.15) is 12.2 Å². The van der Waals surface area contributed by atoms with Crippen molar-refractivity contribution >= 4 is 0 Å². The fourth-order valence-corrected chi connectivity index (χ4v) is 1.56. The SMILES string of the molecule is OCC1OC1c1ccccc1C(F)(F)F. The number of halogens is 3. The average molecular weight is 218 g/mol. The van der Waals surface area contributed by atoms with Crippen LogP contribution in [-0.4, -0.2) is 17.8 Å². The Morgan fingerprint density at radius 2 is 1.93 bits per heavy atom. The number of hydrogen-bond acceptors (Lipinski definition) is 2. The highest BCUT2D eigenvalue weighted by molar-refractivity contribution is 5.34. The first-order chi connectivity index (χ1) is 7.04. The quantitative estimate of drug-likeness (QED) is 0.771. The smallest absolute Gasteiger partial charge is 0.394 e. The van der Waals surface area contributed by atoms with Gasteiger partial charge in [0.2, 0.25) is 0 Å². The Morgan fingerprint density at radius 3 is 2.47 bits per heavy atom. The second-order valence-corrected chi connectivity index (χ2v) is 3.36. The highest BCUT2D eigenvalue weighted by atomic mass is 19.4. The normalized spacial score (nSPS) is 25.3. The van der Waals surface area contributed by atoms with Gasteiger partial charge < -0.3 is 9.84 Å². The van der Waals surface area contributed by atoms with Gasteiger partial charge in [0, 0.05) is 0 Å². The van der Waals surface area contributed by atoms with Crippen molar-refractivity contribution in [1.82, 2.24) is 0 Å². The van der Waals surface area contributed by atoms with Gasteiger partial charge in [0.25, 0.3) is 0 Å². The van der Waals surface area contributed by atoms with Crippen molar-refractivity contribution in [2.24, 2.45) is 0 Å². The maximum absolute atomic E-state index is 12.5. The first-order valence-corrected chi connectivity index (χ1v) is 4.46. The van der Waals surface area contributed by atoms with Crippen molar-refractivity contribution in [3.63, 3.8) is 0 Å². The van der Waals surface area contributed by atoms with Crippen LogP contribution in [-0.2, 0) is 10.9 Å². The van der Waals surface area contributed by atoms with Crippen molar-refractivity contribution < 1.29 is 23.0 Å². The van der Waals surface area contributed by atoms with Gasteiger partial charge in [-0.25, -0.2) is 0 Å². The van der Waals surface area contributed by atoms with Crippen LogP contribution < -0.4 is 0 Å². The van der Waals surface area contributed by atoms with Crippen LogP contribution in [0.2, 0.25) is 0 Å². The Morgan fingerprint density at radius 1 is 1.27 bits per heavy atom. The molecule has 5 heteroatoms. The van der Waals surface area contributed by atoms with E-state index >= 15 is 0 Å². The van der Waals surface area contributed by atoms with Crippen molar-refractivity contribution in [3.05, 3.63) is 35.4 Å². The van der Waals surface area contributed by atoms with E-state index < -0.39 is 23.9 Å². The molecule has 0 saturated carbocycles. The van der Waals surface area contributed by atoms with Gasteiger partial charge in [-0.3, -0.25) is 0 Å². The van der Waals surface area contributed by atoms with Crippen LogP contribution in [0.15, 0.2) is 24.3 Å². The minimum atomic E-state index is -4.37. The largest absolute Gasteiger partial charge is 0.416 e. The van der Waals surface area contributed by atoms with Gasteiger partial charge in [-0.1, -0.05) is 18.2 Å². The van der Waals surface area contributed by atoms with Crippen molar-refractivity contribution in [2.75, 3.05) is 6.61 Å². The molecule has 15 heavy (non-hydrogen) atoms. The molecule has 2 unspecified atom stereocenters. The zero-order valence-corrected chi connectivity index (χ0v) is 7.66. The lowest BCUT2D eigenvalue weighted by molar-refractivity contribution is -0.138. The Balaban J connectivity index is 2.32. The standard InChI is InChI=1S/C10H9F3O2/c11-10(12,13)7-4-2-1-3-6(7)9-8(5-14)15-9/h1-4,8-9,14H,5H2. The molecule has 2 rings (SSSR count). The van der Waals surface area contributed by atoms with E-state index in [9.17, 15) is 13.2 Å². The average Bonchev–Trinajstić information content (AvgIpc) is 2.95. The van der Waals surface area contributed by atoms with E-state index in [1.54, 1.807) is 0 Å². The third-order valence-electron chi connectivity index (χ3n) is 2.34.